The number of nitrogens with two attached hydrogens (primary N) is 1. The summed E-state index contributed by atoms with van der Waals surface area (Å²) in [5.41, 5.74) is 5.79. The lowest BCUT2D eigenvalue weighted by atomic mass is 9.85. The maximum atomic E-state index is 13.0. The Morgan fingerprint density at radius 2 is 2.14 bits per heavy atom. The number of halogens is 1. The molecule has 1 aromatic heterocycles. The number of nitrogens with zero attached hydrogens (tertiary/aromatic N) is 3. The van der Waals surface area contributed by atoms with Crippen LogP contribution in [-0.2, 0) is 10.0 Å². The predicted molar refractivity (Wildman–Crippen MR) is 86.2 cm³/mol. The van der Waals surface area contributed by atoms with Crippen LogP contribution in [0.15, 0.2) is 17.2 Å². The molecule has 0 radical (unpaired) electrons. The van der Waals surface area contributed by atoms with Crippen molar-refractivity contribution in [3.8, 4) is 0 Å². The number of hydrogen-bond donors (Lipinski definition) is 1. The molecule has 22 heavy (non-hydrogen) atoms. The van der Waals surface area contributed by atoms with E-state index in [9.17, 15) is 8.42 Å². The molecule has 2 atom stereocenters. The van der Waals surface area contributed by atoms with Crippen LogP contribution in [0.1, 0.15) is 19.3 Å². The van der Waals surface area contributed by atoms with Crippen molar-refractivity contribution in [3.63, 3.8) is 0 Å². The minimum Gasteiger partial charge on any atom is -0.383 e. The number of nitrogen functional groups attached to an aromatic ring is 1. The van der Waals surface area contributed by atoms with Gasteiger partial charge in [0.05, 0.1) is 5.02 Å². The van der Waals surface area contributed by atoms with Crippen LogP contribution in [0.3, 0.4) is 0 Å². The first kappa shape index (κ1) is 16.0. The summed E-state index contributed by atoms with van der Waals surface area (Å²) < 4.78 is 27.7. The molecule has 2 saturated heterocycles. The molecule has 0 aromatic carbocycles. The molecule has 2 N–H and O–H groups in total. The third kappa shape index (κ3) is 2.82. The summed E-state index contributed by atoms with van der Waals surface area (Å²) in [4.78, 5) is 6.19. The van der Waals surface area contributed by atoms with Gasteiger partial charge in [-0.2, -0.15) is 4.31 Å². The minimum absolute atomic E-state index is 0.0134. The van der Waals surface area contributed by atoms with Gasteiger partial charge in [0, 0.05) is 25.3 Å². The maximum absolute atomic E-state index is 13.0. The minimum atomic E-state index is -3.66. The molecule has 2 aliphatic heterocycles. The normalized spacial score (nSPS) is 27.5. The highest BCUT2D eigenvalue weighted by Gasteiger charge is 2.41. The highest BCUT2D eigenvalue weighted by atomic mass is 35.5. The Labute approximate surface area is 136 Å². The van der Waals surface area contributed by atoms with Crippen LogP contribution in [0, 0.1) is 5.92 Å². The highest BCUT2D eigenvalue weighted by Crippen LogP contribution is 2.35. The molecule has 8 heteroatoms. The number of likely N-dealkylation sites (tertiary alicyclic amines) is 1. The van der Waals surface area contributed by atoms with Crippen molar-refractivity contribution in [2.75, 3.05) is 32.4 Å². The highest BCUT2D eigenvalue weighted by molar-refractivity contribution is 7.89. The molecule has 0 bridgehead atoms. The molecule has 0 amide bonds. The maximum Gasteiger partial charge on any atom is 0.247 e. The topological polar surface area (TPSA) is 79.5 Å². The van der Waals surface area contributed by atoms with Crippen molar-refractivity contribution in [2.45, 2.75) is 30.2 Å². The third-order valence-corrected chi connectivity index (χ3v) is 6.82. The fraction of sp³-hybridized carbons (Fsp3) is 0.643. The largest absolute Gasteiger partial charge is 0.383 e. The quantitative estimate of drug-likeness (QED) is 0.877. The Balaban J connectivity index is 1.96. The smallest absolute Gasteiger partial charge is 0.247 e. The van der Waals surface area contributed by atoms with Crippen molar-refractivity contribution in [2.24, 2.45) is 5.92 Å². The number of hydrogen-bond acceptors (Lipinski definition) is 5. The Bertz CT molecular complexity index is 667. The van der Waals surface area contributed by atoms with Crippen LogP contribution < -0.4 is 5.73 Å². The standard InChI is InChI=1S/C14H21ClN4O2S/c1-18-6-4-12-10(9-18)3-2-5-19(12)22(20,21)13-7-11(15)8-17-14(13)16/h7-8,10,12H,2-6,9H2,1H3,(H2,16,17)/t10-,12-/m0/s1. The van der Waals surface area contributed by atoms with E-state index in [1.807, 2.05) is 0 Å². The first-order valence-electron chi connectivity index (χ1n) is 7.51. The number of rotatable bonds is 2. The Kier molecular flexibility index (Phi) is 4.33. The zero-order valence-electron chi connectivity index (χ0n) is 12.6. The molecule has 0 unspecified atom stereocenters. The van der Waals surface area contributed by atoms with Gasteiger partial charge in [0.25, 0.3) is 0 Å². The van der Waals surface area contributed by atoms with Crippen LogP contribution in [-0.4, -0.2) is 55.3 Å². The average molecular weight is 345 g/mol. The average Bonchev–Trinajstić information content (AvgIpc) is 2.48. The van der Waals surface area contributed by atoms with Crippen molar-refractivity contribution < 1.29 is 8.42 Å². The summed E-state index contributed by atoms with van der Waals surface area (Å²) in [7, 11) is -1.57. The summed E-state index contributed by atoms with van der Waals surface area (Å²) >= 11 is 5.91. The first-order valence-corrected chi connectivity index (χ1v) is 9.33. The number of anilines is 1. The molecule has 1 aromatic rings. The lowest BCUT2D eigenvalue weighted by molar-refractivity contribution is 0.0820. The van der Waals surface area contributed by atoms with Gasteiger partial charge in [0.15, 0.2) is 0 Å². The molecular weight excluding hydrogens is 324 g/mol. The molecule has 3 rings (SSSR count). The van der Waals surface area contributed by atoms with E-state index in [-0.39, 0.29) is 21.8 Å². The molecule has 6 nitrogen and oxygen atoms in total. The Hall–Kier alpha value is -0.890. The molecule has 2 aliphatic rings. The van der Waals surface area contributed by atoms with Gasteiger partial charge in [-0.25, -0.2) is 13.4 Å². The van der Waals surface area contributed by atoms with Crippen molar-refractivity contribution in [3.05, 3.63) is 17.3 Å². The Morgan fingerprint density at radius 1 is 1.36 bits per heavy atom. The van der Waals surface area contributed by atoms with Gasteiger partial charge >= 0.3 is 0 Å². The predicted octanol–water partition coefficient (Wildman–Crippen LogP) is 1.42. The number of pyridine rings is 1. The van der Waals surface area contributed by atoms with E-state index >= 15 is 0 Å². The van der Waals surface area contributed by atoms with Gasteiger partial charge in [-0.05, 0) is 44.8 Å². The molecule has 0 spiro atoms. The van der Waals surface area contributed by atoms with Crippen LogP contribution >= 0.6 is 11.6 Å². The SMILES string of the molecule is CN1CC[C@H]2[C@@H](CCCN2S(=O)(=O)c2cc(Cl)cnc2N)C1. The van der Waals surface area contributed by atoms with Gasteiger partial charge in [-0.3, -0.25) is 0 Å². The van der Waals surface area contributed by atoms with E-state index in [1.165, 1.54) is 12.3 Å². The second kappa shape index (κ2) is 5.96. The molecular formula is C14H21ClN4O2S. The van der Waals surface area contributed by atoms with Crippen molar-refractivity contribution in [1.82, 2.24) is 14.2 Å². The summed E-state index contributed by atoms with van der Waals surface area (Å²) in [5, 5.41) is 0.282. The summed E-state index contributed by atoms with van der Waals surface area (Å²) in [6.07, 6.45) is 4.17. The lowest BCUT2D eigenvalue weighted by Crippen LogP contribution is -2.54. The number of fused-ring (bicyclic) bond motifs is 1. The third-order valence-electron chi connectivity index (χ3n) is 4.66. The molecule has 0 aliphatic carbocycles. The molecule has 0 saturated carbocycles. The zero-order chi connectivity index (χ0) is 15.9. The first-order chi connectivity index (χ1) is 10.4. The van der Waals surface area contributed by atoms with E-state index in [1.54, 1.807) is 4.31 Å². The lowest BCUT2D eigenvalue weighted by Gasteiger charge is -2.45. The van der Waals surface area contributed by atoms with E-state index < -0.39 is 10.0 Å². The van der Waals surface area contributed by atoms with Crippen LogP contribution in [0.25, 0.3) is 0 Å². The summed E-state index contributed by atoms with van der Waals surface area (Å²) in [6, 6.07) is 1.45. The van der Waals surface area contributed by atoms with Gasteiger partial charge in [-0.15, -0.1) is 0 Å². The van der Waals surface area contributed by atoms with E-state index in [0.717, 1.165) is 32.4 Å². The monoisotopic (exact) mass is 344 g/mol. The van der Waals surface area contributed by atoms with Crippen molar-refractivity contribution >= 4 is 27.4 Å². The number of sulfonamides is 1. The van der Waals surface area contributed by atoms with Gasteiger partial charge in [-0.1, -0.05) is 11.6 Å². The van der Waals surface area contributed by atoms with Gasteiger partial charge in [0.1, 0.15) is 10.7 Å². The second-order valence-electron chi connectivity index (χ2n) is 6.17. The fourth-order valence-corrected chi connectivity index (χ4v) is 5.67. The molecule has 3 heterocycles. The summed E-state index contributed by atoms with van der Waals surface area (Å²) in [5.74, 6) is 0.398. The van der Waals surface area contributed by atoms with Crippen LogP contribution in [0.5, 0.6) is 0 Å². The fourth-order valence-electron chi connectivity index (χ4n) is 3.60. The zero-order valence-corrected chi connectivity index (χ0v) is 14.1. The number of piperidine rings is 2. The summed E-state index contributed by atoms with van der Waals surface area (Å²) in [6.45, 7) is 2.40. The molecule has 122 valence electrons. The van der Waals surface area contributed by atoms with Crippen molar-refractivity contribution in [1.29, 1.82) is 0 Å². The van der Waals surface area contributed by atoms with Gasteiger partial charge in [0.2, 0.25) is 10.0 Å². The molecule has 2 fully saturated rings. The number of aromatic nitrogens is 1. The van der Waals surface area contributed by atoms with E-state index in [0.29, 0.717) is 12.5 Å². The van der Waals surface area contributed by atoms with E-state index in [2.05, 4.69) is 16.9 Å². The Morgan fingerprint density at radius 3 is 2.91 bits per heavy atom. The second-order valence-corrected chi connectivity index (χ2v) is 8.47. The van der Waals surface area contributed by atoms with Crippen LogP contribution in [0.4, 0.5) is 5.82 Å². The van der Waals surface area contributed by atoms with Gasteiger partial charge < -0.3 is 10.6 Å². The van der Waals surface area contributed by atoms with Crippen LogP contribution in [0.2, 0.25) is 5.02 Å². The van der Waals surface area contributed by atoms with E-state index in [4.69, 9.17) is 17.3 Å².